The van der Waals surface area contributed by atoms with Gasteiger partial charge in [0.1, 0.15) is 11.6 Å². The largest absolute Gasteiger partial charge is 0.206 e. The van der Waals surface area contributed by atoms with Gasteiger partial charge in [0, 0.05) is 22.3 Å². The van der Waals surface area contributed by atoms with Crippen molar-refractivity contribution in [1.82, 2.24) is 0 Å². The highest BCUT2D eigenvalue weighted by atomic mass is 19.2. The molecule has 0 atom stereocenters. The maximum absolute atomic E-state index is 15.2. The van der Waals surface area contributed by atoms with Crippen LogP contribution in [0.3, 0.4) is 0 Å². The number of benzene rings is 6. The molecule has 0 saturated heterocycles. The Morgan fingerprint density at radius 2 is 0.475 bits per heavy atom. The first kappa shape index (κ1) is 24.1. The van der Waals surface area contributed by atoms with E-state index in [2.05, 4.69) is 0 Å². The Morgan fingerprint density at radius 3 is 0.750 bits per heavy atom. The first-order valence-electron chi connectivity index (χ1n) is 12.9. The standard InChI is InChI=1S/C36H20F4/c37-33-20-32-28-15-7-24(8-16-28)22-3-11-26(12-4-22)30-18-17-29(35(39)36(30)40)25-9-1-21(2-10-25)23-5-13-27(14-6-23)31(33)19-34(32)38/h1-20H. The lowest BCUT2D eigenvalue weighted by Crippen LogP contribution is -1.94. The Labute approximate surface area is 228 Å². The van der Waals surface area contributed by atoms with Gasteiger partial charge in [-0.15, -0.1) is 0 Å². The van der Waals surface area contributed by atoms with Gasteiger partial charge in [-0.25, -0.2) is 17.6 Å². The molecular weight excluding hydrogens is 508 g/mol. The average molecular weight is 529 g/mol. The summed E-state index contributed by atoms with van der Waals surface area (Å²) in [5, 5.41) is 0. The zero-order chi connectivity index (χ0) is 27.4. The van der Waals surface area contributed by atoms with Crippen LogP contribution in [0.4, 0.5) is 17.6 Å². The molecule has 0 nitrogen and oxygen atoms in total. The average Bonchev–Trinajstić information content (AvgIpc) is 3.00. The van der Waals surface area contributed by atoms with Crippen LogP contribution in [0, 0.1) is 23.3 Å². The Bertz CT molecular complexity index is 1660. The summed E-state index contributed by atoms with van der Waals surface area (Å²) >= 11 is 0. The van der Waals surface area contributed by atoms with Gasteiger partial charge in [0.25, 0.3) is 0 Å². The van der Waals surface area contributed by atoms with Crippen LogP contribution in [-0.4, -0.2) is 0 Å². The van der Waals surface area contributed by atoms with Crippen LogP contribution in [0.2, 0.25) is 0 Å². The van der Waals surface area contributed by atoms with Crippen molar-refractivity contribution in [3.05, 3.63) is 145 Å². The van der Waals surface area contributed by atoms with Gasteiger partial charge in [0.05, 0.1) is 0 Å². The third-order valence-corrected chi connectivity index (χ3v) is 7.59. The second-order valence-corrected chi connectivity index (χ2v) is 9.91. The van der Waals surface area contributed by atoms with Gasteiger partial charge < -0.3 is 0 Å². The molecule has 0 N–H and O–H groups in total. The summed E-state index contributed by atoms with van der Waals surface area (Å²) < 4.78 is 60.9. The van der Waals surface area contributed by atoms with E-state index in [0.717, 1.165) is 22.3 Å². The summed E-state index contributed by atoms with van der Waals surface area (Å²) in [5.41, 5.74) is 6.32. The van der Waals surface area contributed by atoms with Gasteiger partial charge in [-0.3, -0.25) is 0 Å². The van der Waals surface area contributed by atoms with Gasteiger partial charge in [-0.1, -0.05) is 109 Å². The lowest BCUT2D eigenvalue weighted by Gasteiger charge is -2.12. The molecule has 0 amide bonds. The Balaban J connectivity index is 1.41. The minimum Gasteiger partial charge on any atom is -0.206 e. The Morgan fingerprint density at radius 1 is 0.250 bits per heavy atom. The molecule has 4 heteroatoms. The predicted molar refractivity (Wildman–Crippen MR) is 152 cm³/mol. The molecule has 40 heavy (non-hydrogen) atoms. The van der Waals surface area contributed by atoms with Crippen molar-refractivity contribution >= 4 is 0 Å². The van der Waals surface area contributed by atoms with Crippen molar-refractivity contribution in [3.8, 4) is 66.8 Å². The molecule has 16 aliphatic rings. The molecule has 0 fully saturated rings. The van der Waals surface area contributed by atoms with Crippen LogP contribution in [0.1, 0.15) is 0 Å². The maximum atomic E-state index is 15.2. The summed E-state index contributed by atoms with van der Waals surface area (Å²) in [5.74, 6) is -2.82. The van der Waals surface area contributed by atoms with Crippen LogP contribution in [0.5, 0.6) is 0 Å². The first-order chi connectivity index (χ1) is 19.5. The fourth-order valence-corrected chi connectivity index (χ4v) is 5.35. The van der Waals surface area contributed by atoms with Crippen LogP contribution in [0.15, 0.2) is 121 Å². The molecule has 0 saturated carbocycles. The highest BCUT2D eigenvalue weighted by Gasteiger charge is 2.17. The molecule has 0 radical (unpaired) electrons. The normalized spacial score (nSPS) is 11.5. The molecule has 12 bridgehead atoms. The van der Waals surface area contributed by atoms with Crippen molar-refractivity contribution < 1.29 is 17.6 Å². The smallest absolute Gasteiger partial charge is 0.167 e. The molecule has 6 aromatic carbocycles. The molecule has 22 rings (SSSR count). The van der Waals surface area contributed by atoms with Crippen LogP contribution < -0.4 is 0 Å². The zero-order valence-corrected chi connectivity index (χ0v) is 21.1. The van der Waals surface area contributed by atoms with E-state index in [9.17, 15) is 0 Å². The minimum atomic E-state index is -0.899. The molecule has 192 valence electrons. The summed E-state index contributed by atoms with van der Waals surface area (Å²) in [6.45, 7) is 0. The fourth-order valence-electron chi connectivity index (χ4n) is 5.35. The van der Waals surface area contributed by atoms with Crippen molar-refractivity contribution in [2.45, 2.75) is 0 Å². The third-order valence-electron chi connectivity index (χ3n) is 7.59. The second-order valence-electron chi connectivity index (χ2n) is 9.91. The second kappa shape index (κ2) is 9.35. The van der Waals surface area contributed by atoms with E-state index in [1.54, 1.807) is 60.7 Å². The van der Waals surface area contributed by atoms with E-state index in [1.807, 2.05) is 48.5 Å². The quantitative estimate of drug-likeness (QED) is 0.172. The molecule has 0 aliphatic heterocycles. The zero-order valence-electron chi connectivity index (χ0n) is 21.1. The summed E-state index contributed by atoms with van der Waals surface area (Å²) in [7, 11) is 0. The molecule has 0 unspecified atom stereocenters. The summed E-state index contributed by atoms with van der Waals surface area (Å²) in [6.07, 6.45) is 0. The SMILES string of the molecule is Fc1cc2c(F)cc1-c1ccc(cc1)-c1ccc(cc1)-c1ccc(c(F)c1F)-c1ccc(cc1)-c1ccc-2cc1. The van der Waals surface area contributed by atoms with Crippen molar-refractivity contribution in [1.29, 1.82) is 0 Å². The third kappa shape index (κ3) is 4.00. The van der Waals surface area contributed by atoms with Crippen molar-refractivity contribution in [3.63, 3.8) is 0 Å². The van der Waals surface area contributed by atoms with Gasteiger partial charge in [0.2, 0.25) is 0 Å². The van der Waals surface area contributed by atoms with Crippen LogP contribution >= 0.6 is 0 Å². The van der Waals surface area contributed by atoms with Gasteiger partial charge in [0.15, 0.2) is 11.6 Å². The summed E-state index contributed by atoms with van der Waals surface area (Å²) in [6, 6.07) is 34.2. The van der Waals surface area contributed by atoms with E-state index in [1.165, 1.54) is 12.1 Å². The monoisotopic (exact) mass is 528 g/mol. The lowest BCUT2D eigenvalue weighted by molar-refractivity contribution is 0.514. The topological polar surface area (TPSA) is 0 Å². The molecule has 6 aromatic rings. The van der Waals surface area contributed by atoms with Crippen LogP contribution in [0.25, 0.3) is 66.8 Å². The number of halogens is 4. The molecular formula is C36H20F4. The molecule has 0 spiro atoms. The minimum absolute atomic E-state index is 0.176. The number of hydrogen-bond acceptors (Lipinski definition) is 0. The maximum Gasteiger partial charge on any atom is 0.167 e. The highest BCUT2D eigenvalue weighted by Crippen LogP contribution is 2.36. The van der Waals surface area contributed by atoms with E-state index in [0.29, 0.717) is 22.3 Å². The molecule has 0 heterocycles. The summed E-state index contributed by atoms with van der Waals surface area (Å²) in [4.78, 5) is 0. The van der Waals surface area contributed by atoms with E-state index < -0.39 is 23.3 Å². The van der Waals surface area contributed by atoms with Gasteiger partial charge in [-0.2, -0.15) is 0 Å². The first-order valence-corrected chi connectivity index (χ1v) is 12.9. The van der Waals surface area contributed by atoms with Gasteiger partial charge >= 0.3 is 0 Å². The van der Waals surface area contributed by atoms with E-state index >= 15 is 17.6 Å². The van der Waals surface area contributed by atoms with Gasteiger partial charge in [-0.05, 0) is 56.6 Å². The molecule has 16 aliphatic carbocycles. The predicted octanol–water partition coefficient (Wildman–Crippen LogP) is 10.6. The van der Waals surface area contributed by atoms with E-state index in [4.69, 9.17) is 0 Å². The van der Waals surface area contributed by atoms with Crippen LogP contribution in [-0.2, 0) is 0 Å². The van der Waals surface area contributed by atoms with Crippen molar-refractivity contribution in [2.24, 2.45) is 0 Å². The van der Waals surface area contributed by atoms with Crippen molar-refractivity contribution in [2.75, 3.05) is 0 Å². The van der Waals surface area contributed by atoms with E-state index in [-0.39, 0.29) is 22.3 Å². The lowest BCUT2D eigenvalue weighted by atomic mass is 9.94. The Hall–Kier alpha value is -4.96. The fraction of sp³-hybridized carbons (Fsp3) is 0. The number of hydrogen-bond donors (Lipinski definition) is 0. The number of rotatable bonds is 0. The highest BCUT2D eigenvalue weighted by molar-refractivity contribution is 5.79. The molecule has 0 aromatic heterocycles. The Kier molecular flexibility index (Phi) is 5.64.